The number of likely N-dealkylation sites (tertiary alicyclic amines) is 1. The Bertz CT molecular complexity index is 1190. The smallest absolute Gasteiger partial charge is 0.245 e. The summed E-state index contributed by atoms with van der Waals surface area (Å²) in [5.41, 5.74) is 0.808. The first kappa shape index (κ1) is 43.4. The molecule has 0 aromatic heterocycles. The average Bonchev–Trinajstić information content (AvgIpc) is 3.56. The van der Waals surface area contributed by atoms with E-state index in [9.17, 15) is 24.3 Å². The summed E-state index contributed by atoms with van der Waals surface area (Å²) in [6.07, 6.45) is 9.01. The second-order valence-corrected chi connectivity index (χ2v) is 15.5. The minimum atomic E-state index is -0.810. The molecule has 50 heavy (non-hydrogen) atoms. The van der Waals surface area contributed by atoms with Gasteiger partial charge in [0.15, 0.2) is 0 Å². The van der Waals surface area contributed by atoms with Crippen molar-refractivity contribution in [1.82, 2.24) is 25.8 Å². The molecule has 5 unspecified atom stereocenters. The fourth-order valence-corrected chi connectivity index (χ4v) is 7.83. The van der Waals surface area contributed by atoms with E-state index in [2.05, 4.69) is 29.8 Å². The van der Waals surface area contributed by atoms with Crippen LogP contribution in [0.25, 0.3) is 0 Å². The van der Waals surface area contributed by atoms with Gasteiger partial charge in [0.1, 0.15) is 6.04 Å². The van der Waals surface area contributed by atoms with Crippen LogP contribution in [0.1, 0.15) is 101 Å². The molecule has 4 amide bonds. The minimum absolute atomic E-state index is 0.0221. The van der Waals surface area contributed by atoms with Crippen LogP contribution in [0.5, 0.6) is 0 Å². The number of carbonyl (C=O) groups is 4. The molecule has 0 radical (unpaired) electrons. The summed E-state index contributed by atoms with van der Waals surface area (Å²) in [5, 5.41) is 19.9. The van der Waals surface area contributed by atoms with Gasteiger partial charge in [-0.05, 0) is 68.9 Å². The molecule has 0 aromatic carbocycles. The van der Waals surface area contributed by atoms with Crippen LogP contribution < -0.4 is 16.0 Å². The number of methoxy groups -OCH3 is 1. The van der Waals surface area contributed by atoms with Crippen LogP contribution >= 0.6 is 0 Å². The molecule has 11 nitrogen and oxygen atoms in total. The first-order valence-electron chi connectivity index (χ1n) is 18.9. The zero-order valence-corrected chi connectivity index (χ0v) is 33.0. The van der Waals surface area contributed by atoms with Crippen LogP contribution in [0.4, 0.5) is 0 Å². The number of ether oxygens (including phenoxy) is 1. The summed E-state index contributed by atoms with van der Waals surface area (Å²) in [4.78, 5) is 58.3. The molecule has 11 heteroatoms. The van der Waals surface area contributed by atoms with Crippen LogP contribution in [-0.2, 0) is 23.9 Å². The lowest BCUT2D eigenvalue weighted by atomic mass is 9.84. The maximum absolute atomic E-state index is 14.1. The number of nitrogens with zero attached hydrogens (tertiary/aromatic N) is 2. The van der Waals surface area contributed by atoms with Crippen molar-refractivity contribution in [3.05, 3.63) is 23.8 Å². The molecule has 0 spiro atoms. The third kappa shape index (κ3) is 11.1. The third-order valence-electron chi connectivity index (χ3n) is 11.0. The summed E-state index contributed by atoms with van der Waals surface area (Å²) in [6.45, 7) is 18.2. The Labute approximate surface area is 302 Å². The van der Waals surface area contributed by atoms with Gasteiger partial charge in [-0.25, -0.2) is 0 Å². The predicted octanol–water partition coefficient (Wildman–Crippen LogP) is 4.05. The van der Waals surface area contributed by atoms with E-state index in [4.69, 9.17) is 4.74 Å². The van der Waals surface area contributed by atoms with Crippen molar-refractivity contribution in [1.29, 1.82) is 0 Å². The number of nitrogens with one attached hydrogen (secondary N) is 3. The van der Waals surface area contributed by atoms with E-state index in [0.29, 0.717) is 6.54 Å². The zero-order chi connectivity index (χ0) is 37.9. The van der Waals surface area contributed by atoms with Gasteiger partial charge in [-0.1, -0.05) is 80.0 Å². The molecule has 286 valence electrons. The van der Waals surface area contributed by atoms with E-state index >= 15 is 0 Å². The van der Waals surface area contributed by atoms with Crippen molar-refractivity contribution in [3.63, 3.8) is 0 Å². The quantitative estimate of drug-likeness (QED) is 0.159. The lowest BCUT2D eigenvalue weighted by Crippen LogP contribution is -2.58. The molecule has 1 fully saturated rings. The average molecular weight is 704 g/mol. The van der Waals surface area contributed by atoms with Crippen molar-refractivity contribution in [2.75, 3.05) is 27.7 Å². The first-order chi connectivity index (χ1) is 23.5. The molecule has 0 aromatic rings. The van der Waals surface area contributed by atoms with Crippen molar-refractivity contribution in [3.8, 4) is 0 Å². The number of amides is 4. The molecular formula is C39H69N5O6. The largest absolute Gasteiger partial charge is 0.386 e. The molecule has 2 aliphatic rings. The van der Waals surface area contributed by atoms with E-state index in [1.54, 1.807) is 33.0 Å². The fourth-order valence-electron chi connectivity index (χ4n) is 7.83. The maximum Gasteiger partial charge on any atom is 0.245 e. The number of likely N-dealkylation sites (N-methyl/N-ethyl adjacent to an activating group) is 2. The standard InChI is InChI=1S/C39H69N5O6/c1-13-25(6)34(43(11)39(49)33(24(4)5)42-38(48)32(40-10)23(2)3)26(7)22-31(45)44-21-17-20-30(44)36(50-12)27(8)37(47)41-28(9)35(46)29-18-15-14-16-19-29/h15,18-19,23-28,30,32-36,40,46H,13-14,16-17,20-22H2,1-12H3,(H,41,47)(H,42,48)/t25?,26?,27-,28-,30?,32?,33?,34+,35-,36-/m1/s1. The van der Waals surface area contributed by atoms with Crippen LogP contribution in [0.3, 0.4) is 0 Å². The highest BCUT2D eigenvalue weighted by atomic mass is 16.5. The van der Waals surface area contributed by atoms with Crippen molar-refractivity contribution < 1.29 is 29.0 Å². The fraction of sp³-hybridized carbons (Fsp3) is 0.795. The Morgan fingerprint density at radius 1 is 0.960 bits per heavy atom. The number of aliphatic hydroxyl groups is 1. The number of allylic oxidation sites excluding steroid dienone is 2. The molecular weight excluding hydrogens is 634 g/mol. The van der Waals surface area contributed by atoms with Crippen molar-refractivity contribution >= 4 is 23.6 Å². The molecule has 0 saturated carbocycles. The number of rotatable bonds is 19. The SMILES string of the molecule is CCC(C)[C@@H](C(C)CC(=O)N1CCCC1[C@H](OC)[C@@H](C)C(=O)N[C@H](C)[C@@H](O)C1=CCCC=C1)N(C)C(=O)C(NC(=O)C(NC)C(C)C)C(C)C. The van der Waals surface area contributed by atoms with Crippen LogP contribution in [0.2, 0.25) is 0 Å². The normalized spacial score (nSPS) is 21.8. The second kappa shape index (κ2) is 20.3. The third-order valence-corrected chi connectivity index (χ3v) is 11.0. The number of hydrogen-bond acceptors (Lipinski definition) is 7. The number of hydrogen-bond donors (Lipinski definition) is 4. The van der Waals surface area contributed by atoms with Gasteiger partial charge >= 0.3 is 0 Å². The van der Waals surface area contributed by atoms with E-state index < -0.39 is 36.3 Å². The Balaban J connectivity index is 2.18. The molecule has 1 aliphatic carbocycles. The lowest BCUT2D eigenvalue weighted by molar-refractivity contribution is -0.144. The molecule has 1 aliphatic heterocycles. The first-order valence-corrected chi connectivity index (χ1v) is 18.9. The van der Waals surface area contributed by atoms with Gasteiger partial charge in [-0.2, -0.15) is 0 Å². The van der Waals surface area contributed by atoms with E-state index in [1.807, 2.05) is 64.7 Å². The molecule has 0 bridgehead atoms. The Morgan fingerprint density at radius 2 is 1.60 bits per heavy atom. The van der Waals surface area contributed by atoms with Gasteiger partial charge in [0, 0.05) is 33.2 Å². The van der Waals surface area contributed by atoms with E-state index in [1.165, 1.54) is 0 Å². The highest BCUT2D eigenvalue weighted by Crippen LogP contribution is 2.31. The molecule has 2 rings (SSSR count). The summed E-state index contributed by atoms with van der Waals surface area (Å²) in [5.74, 6) is -1.29. The summed E-state index contributed by atoms with van der Waals surface area (Å²) < 4.78 is 5.92. The van der Waals surface area contributed by atoms with Gasteiger partial charge in [0.2, 0.25) is 23.6 Å². The number of aliphatic hydroxyl groups excluding tert-OH is 1. The van der Waals surface area contributed by atoms with Gasteiger partial charge in [-0.3, -0.25) is 19.2 Å². The van der Waals surface area contributed by atoms with Gasteiger partial charge in [-0.15, -0.1) is 0 Å². The van der Waals surface area contributed by atoms with Gasteiger partial charge in [0.05, 0.1) is 36.3 Å². The number of carbonyl (C=O) groups excluding carboxylic acids is 4. The van der Waals surface area contributed by atoms with Crippen LogP contribution in [-0.4, -0.2) is 109 Å². The topological polar surface area (TPSA) is 140 Å². The molecule has 4 N–H and O–H groups in total. The Morgan fingerprint density at radius 3 is 2.12 bits per heavy atom. The zero-order valence-electron chi connectivity index (χ0n) is 33.0. The maximum atomic E-state index is 14.1. The van der Waals surface area contributed by atoms with E-state index in [-0.39, 0.29) is 65.8 Å². The van der Waals surface area contributed by atoms with Gasteiger partial charge < -0.3 is 35.6 Å². The predicted molar refractivity (Wildman–Crippen MR) is 199 cm³/mol. The Kier molecular flexibility index (Phi) is 17.6. The lowest BCUT2D eigenvalue weighted by Gasteiger charge is -2.40. The summed E-state index contributed by atoms with van der Waals surface area (Å²) in [6, 6.07) is -2.10. The van der Waals surface area contributed by atoms with E-state index in [0.717, 1.165) is 37.7 Å². The van der Waals surface area contributed by atoms with Crippen molar-refractivity contribution in [2.45, 2.75) is 143 Å². The summed E-state index contributed by atoms with van der Waals surface area (Å²) >= 11 is 0. The highest BCUT2D eigenvalue weighted by molar-refractivity contribution is 5.90. The summed E-state index contributed by atoms with van der Waals surface area (Å²) in [7, 11) is 5.12. The van der Waals surface area contributed by atoms with Crippen molar-refractivity contribution in [2.24, 2.45) is 29.6 Å². The molecule has 1 saturated heterocycles. The van der Waals surface area contributed by atoms with Crippen LogP contribution in [0, 0.1) is 29.6 Å². The highest BCUT2D eigenvalue weighted by Gasteiger charge is 2.42. The molecule has 1 heterocycles. The second-order valence-electron chi connectivity index (χ2n) is 15.5. The van der Waals surface area contributed by atoms with Gasteiger partial charge in [0.25, 0.3) is 0 Å². The minimum Gasteiger partial charge on any atom is -0.386 e. The van der Waals surface area contributed by atoms with Crippen LogP contribution in [0.15, 0.2) is 23.8 Å². The monoisotopic (exact) mass is 704 g/mol. The molecule has 10 atom stereocenters. The Hall–Kier alpha value is -2.76.